The van der Waals surface area contributed by atoms with Crippen LogP contribution in [0.4, 0.5) is 13.9 Å². The summed E-state index contributed by atoms with van der Waals surface area (Å²) in [5, 5.41) is 9.91. The third kappa shape index (κ3) is 2.54. The van der Waals surface area contributed by atoms with Crippen LogP contribution in [0.5, 0.6) is 0 Å². The Morgan fingerprint density at radius 2 is 2.25 bits per heavy atom. The topological polar surface area (TPSA) is 51.0 Å². The van der Waals surface area contributed by atoms with Crippen molar-refractivity contribution in [3.05, 3.63) is 28.7 Å². The van der Waals surface area contributed by atoms with Gasteiger partial charge in [-0.15, -0.1) is 10.2 Å². The molecular weight excluding hydrogens is 236 g/mol. The molecule has 2 rings (SSSR count). The average Bonchev–Trinajstić information content (AvgIpc) is 2.83. The van der Waals surface area contributed by atoms with E-state index >= 15 is 0 Å². The minimum absolute atomic E-state index is 0.280. The van der Waals surface area contributed by atoms with Crippen LogP contribution in [-0.2, 0) is 6.54 Å². The maximum atomic E-state index is 12.2. The number of furan rings is 1. The minimum Gasteiger partial charge on any atom is -0.465 e. The Bertz CT molecular complexity index is 469. The molecule has 0 aliphatic rings. The number of alkyl halides is 2. The van der Waals surface area contributed by atoms with E-state index in [-0.39, 0.29) is 5.01 Å². The fourth-order valence-electron chi connectivity index (χ4n) is 1.14. The molecule has 0 aliphatic heterocycles. The summed E-state index contributed by atoms with van der Waals surface area (Å²) in [6, 6.07) is 3.65. The summed E-state index contributed by atoms with van der Waals surface area (Å²) in [5.41, 5.74) is 0. The number of rotatable bonds is 4. The Kier molecular flexibility index (Phi) is 3.14. The number of anilines is 1. The SMILES string of the molecule is Cc1ccc(CNc2nnc(C(F)F)s2)o1. The van der Waals surface area contributed by atoms with Gasteiger partial charge in [-0.3, -0.25) is 0 Å². The standard InChI is InChI=1S/C9H9F2N3OS/c1-5-2-3-6(15-5)4-12-9-14-13-8(16-9)7(10)11/h2-3,7H,4H2,1H3,(H,12,14). The Hall–Kier alpha value is -1.50. The summed E-state index contributed by atoms with van der Waals surface area (Å²) in [6.07, 6.45) is -2.57. The van der Waals surface area contributed by atoms with Gasteiger partial charge in [-0.2, -0.15) is 0 Å². The molecule has 1 N–H and O–H groups in total. The molecule has 0 bridgehead atoms. The highest BCUT2D eigenvalue weighted by Gasteiger charge is 2.13. The van der Waals surface area contributed by atoms with Gasteiger partial charge in [-0.05, 0) is 19.1 Å². The Morgan fingerprint density at radius 1 is 1.44 bits per heavy atom. The third-order valence-electron chi connectivity index (χ3n) is 1.84. The first kappa shape index (κ1) is 11.0. The van der Waals surface area contributed by atoms with Gasteiger partial charge in [0, 0.05) is 0 Å². The number of nitrogens with one attached hydrogen (secondary N) is 1. The molecule has 0 aliphatic carbocycles. The minimum atomic E-state index is -2.57. The highest BCUT2D eigenvalue weighted by molar-refractivity contribution is 7.15. The number of nitrogens with zero attached hydrogens (tertiary/aromatic N) is 2. The lowest BCUT2D eigenvalue weighted by molar-refractivity contribution is 0.150. The fraction of sp³-hybridized carbons (Fsp3) is 0.333. The van der Waals surface area contributed by atoms with E-state index in [4.69, 9.17) is 4.42 Å². The number of hydrogen-bond donors (Lipinski definition) is 1. The van der Waals surface area contributed by atoms with Gasteiger partial charge >= 0.3 is 0 Å². The summed E-state index contributed by atoms with van der Waals surface area (Å²) in [7, 11) is 0. The maximum Gasteiger partial charge on any atom is 0.291 e. The molecule has 7 heteroatoms. The van der Waals surface area contributed by atoms with E-state index in [1.54, 1.807) is 0 Å². The average molecular weight is 245 g/mol. The van der Waals surface area contributed by atoms with E-state index in [2.05, 4.69) is 15.5 Å². The molecule has 0 amide bonds. The first-order valence-electron chi connectivity index (χ1n) is 4.56. The van der Waals surface area contributed by atoms with Crippen molar-refractivity contribution in [2.75, 3.05) is 5.32 Å². The third-order valence-corrected chi connectivity index (χ3v) is 2.73. The molecule has 0 radical (unpaired) electrons. The maximum absolute atomic E-state index is 12.2. The zero-order valence-corrected chi connectivity index (χ0v) is 9.22. The summed E-state index contributed by atoms with van der Waals surface area (Å²) >= 11 is 0.842. The highest BCUT2D eigenvalue weighted by atomic mass is 32.1. The summed E-state index contributed by atoms with van der Waals surface area (Å²) in [5.74, 6) is 1.54. The first-order chi connectivity index (χ1) is 7.65. The largest absolute Gasteiger partial charge is 0.465 e. The van der Waals surface area contributed by atoms with Crippen LogP contribution in [0.25, 0.3) is 0 Å². The van der Waals surface area contributed by atoms with Crippen LogP contribution >= 0.6 is 11.3 Å². The second kappa shape index (κ2) is 4.56. The van der Waals surface area contributed by atoms with Gasteiger partial charge in [0.2, 0.25) is 5.13 Å². The lowest BCUT2D eigenvalue weighted by atomic mass is 10.4. The number of halogens is 2. The molecule has 0 atom stereocenters. The molecule has 4 nitrogen and oxygen atoms in total. The molecule has 0 spiro atoms. The van der Waals surface area contributed by atoms with Gasteiger partial charge < -0.3 is 9.73 Å². The van der Waals surface area contributed by atoms with Crippen molar-refractivity contribution in [2.24, 2.45) is 0 Å². The molecule has 16 heavy (non-hydrogen) atoms. The van der Waals surface area contributed by atoms with Crippen LogP contribution in [-0.4, -0.2) is 10.2 Å². The van der Waals surface area contributed by atoms with Crippen molar-refractivity contribution in [1.82, 2.24) is 10.2 Å². The first-order valence-corrected chi connectivity index (χ1v) is 5.37. The second-order valence-electron chi connectivity index (χ2n) is 3.11. The van der Waals surface area contributed by atoms with E-state index < -0.39 is 6.43 Å². The molecule has 2 aromatic heterocycles. The van der Waals surface area contributed by atoms with Crippen molar-refractivity contribution in [1.29, 1.82) is 0 Å². The van der Waals surface area contributed by atoms with E-state index in [0.717, 1.165) is 22.9 Å². The van der Waals surface area contributed by atoms with Crippen LogP contribution in [0.1, 0.15) is 23.0 Å². The van der Waals surface area contributed by atoms with Crippen molar-refractivity contribution in [2.45, 2.75) is 19.9 Å². The van der Waals surface area contributed by atoms with Gasteiger partial charge in [0.15, 0.2) is 5.01 Å². The Morgan fingerprint density at radius 3 is 2.81 bits per heavy atom. The van der Waals surface area contributed by atoms with E-state index in [0.29, 0.717) is 11.7 Å². The van der Waals surface area contributed by atoms with Gasteiger partial charge in [-0.1, -0.05) is 11.3 Å². The van der Waals surface area contributed by atoms with Crippen LogP contribution in [0.15, 0.2) is 16.5 Å². The van der Waals surface area contributed by atoms with Crippen molar-refractivity contribution in [3.8, 4) is 0 Å². The van der Waals surface area contributed by atoms with E-state index in [9.17, 15) is 8.78 Å². The Balaban J connectivity index is 1.94. The van der Waals surface area contributed by atoms with Crippen LogP contribution in [0.3, 0.4) is 0 Å². The van der Waals surface area contributed by atoms with Crippen molar-refractivity contribution in [3.63, 3.8) is 0 Å². The molecule has 0 unspecified atom stereocenters. The van der Waals surface area contributed by atoms with Crippen LogP contribution < -0.4 is 5.32 Å². The summed E-state index contributed by atoms with van der Waals surface area (Å²) in [4.78, 5) is 0. The summed E-state index contributed by atoms with van der Waals surface area (Å²) < 4.78 is 29.7. The molecular formula is C9H9F2N3OS. The van der Waals surface area contributed by atoms with Crippen LogP contribution in [0, 0.1) is 6.92 Å². The lowest BCUT2D eigenvalue weighted by Gasteiger charge is -1.97. The highest BCUT2D eigenvalue weighted by Crippen LogP contribution is 2.25. The van der Waals surface area contributed by atoms with Gasteiger partial charge in [0.1, 0.15) is 11.5 Å². The molecule has 2 heterocycles. The van der Waals surface area contributed by atoms with Crippen molar-refractivity contribution < 1.29 is 13.2 Å². The predicted octanol–water partition coefficient (Wildman–Crippen LogP) is 2.99. The number of aromatic nitrogens is 2. The van der Waals surface area contributed by atoms with Gasteiger partial charge in [-0.25, -0.2) is 8.78 Å². The predicted molar refractivity (Wildman–Crippen MR) is 55.6 cm³/mol. The number of hydrogen-bond acceptors (Lipinski definition) is 5. The molecule has 0 aromatic carbocycles. The fourth-order valence-corrected chi connectivity index (χ4v) is 1.73. The molecule has 0 fully saturated rings. The zero-order chi connectivity index (χ0) is 11.5. The summed E-state index contributed by atoms with van der Waals surface area (Å²) in [6.45, 7) is 2.25. The smallest absolute Gasteiger partial charge is 0.291 e. The molecule has 86 valence electrons. The Labute approximate surface area is 94.3 Å². The monoisotopic (exact) mass is 245 g/mol. The normalized spacial score (nSPS) is 11.0. The quantitative estimate of drug-likeness (QED) is 0.899. The molecule has 2 aromatic rings. The van der Waals surface area contributed by atoms with Gasteiger partial charge in [0.05, 0.1) is 6.54 Å². The zero-order valence-electron chi connectivity index (χ0n) is 8.41. The van der Waals surface area contributed by atoms with E-state index in [1.807, 2.05) is 19.1 Å². The van der Waals surface area contributed by atoms with Crippen LogP contribution in [0.2, 0.25) is 0 Å². The van der Waals surface area contributed by atoms with E-state index in [1.165, 1.54) is 0 Å². The van der Waals surface area contributed by atoms with Gasteiger partial charge in [0.25, 0.3) is 6.43 Å². The molecule has 0 saturated carbocycles. The molecule has 0 saturated heterocycles. The second-order valence-corrected chi connectivity index (χ2v) is 4.12. The van der Waals surface area contributed by atoms with Crippen molar-refractivity contribution >= 4 is 16.5 Å². The lowest BCUT2D eigenvalue weighted by Crippen LogP contribution is -1.97. The number of aryl methyl sites for hydroxylation is 1.